The van der Waals surface area contributed by atoms with Crippen LogP contribution in [-0.2, 0) is 4.79 Å². The number of benzene rings is 3. The maximum absolute atomic E-state index is 13.1. The van der Waals surface area contributed by atoms with Crippen molar-refractivity contribution in [2.45, 2.75) is 4.90 Å². The number of carbonyl (C=O) groups is 1. The van der Waals surface area contributed by atoms with Gasteiger partial charge in [-0.15, -0.1) is 11.8 Å². The second kappa shape index (κ2) is 9.39. The predicted molar refractivity (Wildman–Crippen MR) is 113 cm³/mol. The third kappa shape index (κ3) is 5.58. The molecule has 2 N–H and O–H groups in total. The Morgan fingerprint density at radius 2 is 1.89 bits per heavy atom. The zero-order valence-electron chi connectivity index (χ0n) is 14.6. The van der Waals surface area contributed by atoms with Gasteiger partial charge in [0.05, 0.1) is 16.5 Å². The number of carbonyl (C=O) groups excluding carboxylic acids is 1. The highest BCUT2D eigenvalue weighted by atomic mass is 35.5. The third-order valence-electron chi connectivity index (χ3n) is 3.70. The van der Waals surface area contributed by atoms with Crippen LogP contribution in [0.1, 0.15) is 5.56 Å². The van der Waals surface area contributed by atoms with Crippen molar-refractivity contribution in [1.29, 1.82) is 0 Å². The van der Waals surface area contributed by atoms with Crippen molar-refractivity contribution >= 4 is 46.9 Å². The summed E-state index contributed by atoms with van der Waals surface area (Å²) in [7, 11) is 0. The molecule has 0 heterocycles. The van der Waals surface area contributed by atoms with Crippen LogP contribution >= 0.6 is 23.4 Å². The Balaban J connectivity index is 1.53. The first kappa shape index (κ1) is 19.9. The van der Waals surface area contributed by atoms with Crippen molar-refractivity contribution in [2.24, 2.45) is 4.99 Å². The Morgan fingerprint density at radius 1 is 1.14 bits per heavy atom. The number of nitrogens with zero attached hydrogens (tertiary/aromatic N) is 1. The fourth-order valence-corrected chi connectivity index (χ4v) is 3.17. The van der Waals surface area contributed by atoms with Crippen LogP contribution in [0.3, 0.4) is 0 Å². The molecular formula is C21H16ClFN2O2S. The molecule has 7 heteroatoms. The fraction of sp³-hybridized carbons (Fsp3) is 0.0476. The highest BCUT2D eigenvalue weighted by Gasteiger charge is 2.06. The van der Waals surface area contributed by atoms with Gasteiger partial charge in [-0.1, -0.05) is 23.7 Å². The molecule has 0 radical (unpaired) electrons. The minimum atomic E-state index is -0.528. The number of rotatable bonds is 6. The van der Waals surface area contributed by atoms with Gasteiger partial charge in [-0.3, -0.25) is 9.79 Å². The maximum Gasteiger partial charge on any atom is 0.234 e. The molecule has 4 nitrogen and oxygen atoms in total. The van der Waals surface area contributed by atoms with Crippen molar-refractivity contribution in [3.8, 4) is 5.75 Å². The number of phenols is 1. The molecule has 0 aliphatic rings. The molecule has 0 unspecified atom stereocenters. The third-order valence-corrected chi connectivity index (χ3v) is 5.00. The molecule has 1 amide bonds. The lowest BCUT2D eigenvalue weighted by molar-refractivity contribution is -0.113. The zero-order valence-corrected chi connectivity index (χ0v) is 16.2. The van der Waals surface area contributed by atoms with Crippen LogP contribution in [0.5, 0.6) is 5.75 Å². The number of thioether (sulfide) groups is 1. The van der Waals surface area contributed by atoms with Crippen LogP contribution in [0.2, 0.25) is 5.02 Å². The van der Waals surface area contributed by atoms with E-state index in [2.05, 4.69) is 10.3 Å². The average Bonchev–Trinajstić information content (AvgIpc) is 2.69. The Kier molecular flexibility index (Phi) is 6.68. The van der Waals surface area contributed by atoms with E-state index in [1.807, 2.05) is 30.3 Å². The molecule has 0 aliphatic carbocycles. The molecule has 0 saturated carbocycles. The second-order valence-corrected chi connectivity index (χ2v) is 7.23. The summed E-state index contributed by atoms with van der Waals surface area (Å²) >= 11 is 7.07. The summed E-state index contributed by atoms with van der Waals surface area (Å²) in [6, 6.07) is 18.4. The Morgan fingerprint density at radius 3 is 2.61 bits per heavy atom. The number of phenolic OH excluding ortho intramolecular Hbond substituents is 1. The number of amides is 1. The second-order valence-electron chi connectivity index (χ2n) is 5.78. The molecule has 142 valence electrons. The van der Waals surface area contributed by atoms with Gasteiger partial charge >= 0.3 is 0 Å². The van der Waals surface area contributed by atoms with Crippen LogP contribution in [0.25, 0.3) is 0 Å². The lowest BCUT2D eigenvalue weighted by Crippen LogP contribution is -2.13. The number of hydrogen-bond acceptors (Lipinski definition) is 4. The maximum atomic E-state index is 13.1. The van der Waals surface area contributed by atoms with Crippen LogP contribution in [-0.4, -0.2) is 23.0 Å². The molecule has 0 aromatic heterocycles. The molecule has 3 rings (SSSR count). The summed E-state index contributed by atoms with van der Waals surface area (Å²) < 4.78 is 13.1. The highest BCUT2D eigenvalue weighted by Crippen LogP contribution is 2.23. The molecule has 0 saturated heterocycles. The van der Waals surface area contributed by atoms with Gasteiger partial charge in [0.1, 0.15) is 11.6 Å². The van der Waals surface area contributed by atoms with Crippen molar-refractivity contribution in [3.05, 3.63) is 83.1 Å². The highest BCUT2D eigenvalue weighted by molar-refractivity contribution is 8.00. The summed E-state index contributed by atoms with van der Waals surface area (Å²) in [5.41, 5.74) is 1.82. The first-order valence-electron chi connectivity index (χ1n) is 8.31. The van der Waals surface area contributed by atoms with E-state index in [0.29, 0.717) is 11.3 Å². The number of aromatic hydroxyl groups is 1. The largest absolute Gasteiger partial charge is 0.507 e. The molecule has 28 heavy (non-hydrogen) atoms. The summed E-state index contributed by atoms with van der Waals surface area (Å²) in [6.07, 6.45) is 1.60. The van der Waals surface area contributed by atoms with Crippen LogP contribution in [0.15, 0.2) is 76.6 Å². The van der Waals surface area contributed by atoms with Gasteiger partial charge in [-0.2, -0.15) is 0 Å². The summed E-state index contributed by atoms with van der Waals surface area (Å²) in [5, 5.41) is 12.4. The van der Waals surface area contributed by atoms with Gasteiger partial charge < -0.3 is 10.4 Å². The van der Waals surface area contributed by atoms with Crippen LogP contribution in [0.4, 0.5) is 15.8 Å². The standard InChI is InChI=1S/C21H16ClFN2O2S/c22-18-11-16(7-10-19(18)23)25-21(27)13-28-17-8-5-15(6-9-17)24-12-14-3-1-2-4-20(14)26/h1-12,26H,13H2,(H,25,27)/b24-12+. The topological polar surface area (TPSA) is 61.7 Å². The van der Waals surface area contributed by atoms with Gasteiger partial charge in [0.25, 0.3) is 0 Å². The monoisotopic (exact) mass is 414 g/mol. The zero-order chi connectivity index (χ0) is 19.9. The van der Waals surface area contributed by atoms with Crippen LogP contribution < -0.4 is 5.32 Å². The van der Waals surface area contributed by atoms with Gasteiger partial charge in [-0.25, -0.2) is 4.39 Å². The molecule has 0 atom stereocenters. The Bertz CT molecular complexity index is 1010. The molecule has 0 fully saturated rings. The lowest BCUT2D eigenvalue weighted by atomic mass is 10.2. The smallest absolute Gasteiger partial charge is 0.234 e. The van der Waals surface area contributed by atoms with Gasteiger partial charge in [0, 0.05) is 22.4 Å². The van der Waals surface area contributed by atoms with E-state index >= 15 is 0 Å². The minimum absolute atomic E-state index is 0.0366. The van der Waals surface area contributed by atoms with E-state index in [-0.39, 0.29) is 22.4 Å². The predicted octanol–water partition coefficient (Wildman–Crippen LogP) is 5.67. The van der Waals surface area contributed by atoms with Gasteiger partial charge in [0.15, 0.2) is 0 Å². The number of para-hydroxylation sites is 1. The van der Waals surface area contributed by atoms with E-state index in [1.54, 1.807) is 24.4 Å². The van der Waals surface area contributed by atoms with Gasteiger partial charge in [-0.05, 0) is 54.6 Å². The van der Waals surface area contributed by atoms with E-state index in [9.17, 15) is 14.3 Å². The Labute approximate surface area is 171 Å². The van der Waals surface area contributed by atoms with E-state index < -0.39 is 5.82 Å². The number of nitrogens with one attached hydrogen (secondary N) is 1. The minimum Gasteiger partial charge on any atom is -0.507 e. The molecule has 3 aromatic rings. The van der Waals surface area contributed by atoms with E-state index in [0.717, 1.165) is 10.6 Å². The van der Waals surface area contributed by atoms with Crippen molar-refractivity contribution in [3.63, 3.8) is 0 Å². The first-order valence-corrected chi connectivity index (χ1v) is 9.67. The summed E-state index contributed by atoms with van der Waals surface area (Å²) in [6.45, 7) is 0. The van der Waals surface area contributed by atoms with Crippen molar-refractivity contribution < 1.29 is 14.3 Å². The average molecular weight is 415 g/mol. The molecule has 0 aliphatic heterocycles. The SMILES string of the molecule is O=C(CSc1ccc(/N=C/c2ccccc2O)cc1)Nc1ccc(F)c(Cl)c1. The van der Waals surface area contributed by atoms with Crippen molar-refractivity contribution in [1.82, 2.24) is 0 Å². The lowest BCUT2D eigenvalue weighted by Gasteiger charge is -2.06. The summed E-state index contributed by atoms with van der Waals surface area (Å²) in [5.74, 6) is -0.365. The number of halogens is 2. The van der Waals surface area contributed by atoms with Crippen LogP contribution in [0, 0.1) is 5.82 Å². The first-order chi connectivity index (χ1) is 13.5. The van der Waals surface area contributed by atoms with Crippen molar-refractivity contribution in [2.75, 3.05) is 11.1 Å². The van der Waals surface area contributed by atoms with E-state index in [4.69, 9.17) is 11.6 Å². The van der Waals surface area contributed by atoms with Gasteiger partial charge in [0.2, 0.25) is 5.91 Å². The molecule has 0 bridgehead atoms. The van der Waals surface area contributed by atoms with E-state index in [1.165, 1.54) is 30.0 Å². The Hall–Kier alpha value is -2.83. The fourth-order valence-electron chi connectivity index (χ4n) is 2.29. The quantitative estimate of drug-likeness (QED) is 0.403. The molecular weight excluding hydrogens is 399 g/mol. The normalized spacial score (nSPS) is 10.9. The number of hydrogen-bond donors (Lipinski definition) is 2. The summed E-state index contributed by atoms with van der Waals surface area (Å²) in [4.78, 5) is 17.3. The molecule has 0 spiro atoms. The molecule has 3 aromatic carbocycles. The number of aliphatic imine (C=N–C) groups is 1. The number of anilines is 1.